The van der Waals surface area contributed by atoms with Crippen molar-refractivity contribution in [3.8, 4) is 16.2 Å². The number of aromatic nitrogens is 2. The molecule has 0 aliphatic carbocycles. The number of H-pyrrole nitrogens is 1. The third kappa shape index (κ3) is 4.23. The highest BCUT2D eigenvalue weighted by Gasteiger charge is 2.42. The van der Waals surface area contributed by atoms with Gasteiger partial charge in [0.15, 0.2) is 0 Å². The summed E-state index contributed by atoms with van der Waals surface area (Å²) in [5, 5.41) is 13.4. The van der Waals surface area contributed by atoms with Crippen LogP contribution in [0.5, 0.6) is 5.75 Å². The summed E-state index contributed by atoms with van der Waals surface area (Å²) in [7, 11) is -1.28. The molecule has 1 saturated heterocycles. The lowest BCUT2D eigenvalue weighted by molar-refractivity contribution is 0.334. The van der Waals surface area contributed by atoms with Gasteiger partial charge in [-0.1, -0.05) is 0 Å². The molecule has 1 fully saturated rings. The van der Waals surface area contributed by atoms with Crippen LogP contribution in [0.25, 0.3) is 16.5 Å². The van der Waals surface area contributed by atoms with Crippen molar-refractivity contribution in [1.29, 1.82) is 0 Å². The molecule has 9 heteroatoms. The first-order chi connectivity index (χ1) is 14.3. The first kappa shape index (κ1) is 20.9. The van der Waals surface area contributed by atoms with Crippen molar-refractivity contribution in [2.24, 2.45) is 0 Å². The van der Waals surface area contributed by atoms with E-state index in [9.17, 15) is 9.67 Å². The van der Waals surface area contributed by atoms with Crippen molar-refractivity contribution < 1.29 is 14.2 Å². The van der Waals surface area contributed by atoms with E-state index in [-0.39, 0.29) is 11.8 Å². The van der Waals surface area contributed by atoms with Crippen molar-refractivity contribution in [2.75, 3.05) is 25.5 Å². The van der Waals surface area contributed by atoms with Gasteiger partial charge in [0, 0.05) is 34.2 Å². The minimum absolute atomic E-state index is 0.0842. The first-order valence-corrected chi connectivity index (χ1v) is 12.1. The number of phenols is 1. The van der Waals surface area contributed by atoms with E-state index in [0.717, 1.165) is 21.0 Å². The first-order valence-electron chi connectivity index (χ1n) is 9.69. The minimum atomic E-state index is -3.13. The molecule has 3 N–H and O–H groups in total. The largest absolute Gasteiger partial charge is 0.508 e. The second kappa shape index (κ2) is 8.40. The molecule has 0 bridgehead atoms. The molecule has 2 aromatic heterocycles. The fourth-order valence-electron chi connectivity index (χ4n) is 3.24. The van der Waals surface area contributed by atoms with Crippen molar-refractivity contribution >= 4 is 30.9 Å². The topological polar surface area (TPSA) is 90.5 Å². The number of phenolic OH excluding ortho intramolecular Hbond substituents is 1. The van der Waals surface area contributed by atoms with Crippen LogP contribution in [0.1, 0.15) is 17.5 Å². The molecule has 0 radical (unpaired) electrons. The predicted molar refractivity (Wildman–Crippen MR) is 122 cm³/mol. The Labute approximate surface area is 179 Å². The lowest BCUT2D eigenvalue weighted by atomic mass is 10.2. The summed E-state index contributed by atoms with van der Waals surface area (Å²) in [6.07, 6.45) is 3.70. The van der Waals surface area contributed by atoms with Crippen LogP contribution in [0.15, 0.2) is 47.9 Å². The van der Waals surface area contributed by atoms with Crippen LogP contribution in [0.3, 0.4) is 0 Å². The van der Waals surface area contributed by atoms with Crippen LogP contribution in [0, 0.1) is 6.92 Å². The monoisotopic (exact) mass is 444 g/mol. The lowest BCUT2D eigenvalue weighted by Gasteiger charge is -2.23. The van der Waals surface area contributed by atoms with Gasteiger partial charge >= 0.3 is 0 Å². The molecule has 1 aliphatic heterocycles. The summed E-state index contributed by atoms with van der Waals surface area (Å²) in [4.78, 5) is 9.47. The SMILES string of the molecule is Cc1cnc(NC/C(=C/c2ccc(-c3ccc(O)cc3)s2)P2(=O)OC[C@H](C)N2C)[nH]1. The van der Waals surface area contributed by atoms with Crippen LogP contribution in [0.4, 0.5) is 5.95 Å². The Morgan fingerprint density at radius 2 is 2.17 bits per heavy atom. The van der Waals surface area contributed by atoms with E-state index in [1.54, 1.807) is 29.7 Å². The Morgan fingerprint density at radius 3 is 2.80 bits per heavy atom. The Kier molecular flexibility index (Phi) is 5.84. The predicted octanol–water partition coefficient (Wildman–Crippen LogP) is 5.15. The quantitative estimate of drug-likeness (QED) is 0.456. The number of thiophene rings is 1. The van der Waals surface area contributed by atoms with Crippen molar-refractivity contribution in [2.45, 2.75) is 19.9 Å². The van der Waals surface area contributed by atoms with Gasteiger partial charge in [-0.3, -0.25) is 4.57 Å². The van der Waals surface area contributed by atoms with Gasteiger partial charge in [0.2, 0.25) is 5.95 Å². The van der Waals surface area contributed by atoms with Gasteiger partial charge in [0.25, 0.3) is 7.52 Å². The molecule has 0 amide bonds. The third-order valence-corrected chi connectivity index (χ3v) is 8.95. The van der Waals surface area contributed by atoms with Crippen LogP contribution >= 0.6 is 18.9 Å². The van der Waals surface area contributed by atoms with Gasteiger partial charge in [-0.2, -0.15) is 0 Å². The van der Waals surface area contributed by atoms with Crippen molar-refractivity contribution in [1.82, 2.24) is 14.6 Å². The zero-order chi connectivity index (χ0) is 21.3. The van der Waals surface area contributed by atoms with Crippen LogP contribution in [0.2, 0.25) is 0 Å². The number of anilines is 1. The Hall–Kier alpha value is -2.38. The summed E-state index contributed by atoms with van der Waals surface area (Å²) in [6.45, 7) is 4.74. The average molecular weight is 444 g/mol. The minimum Gasteiger partial charge on any atom is -0.508 e. The molecule has 2 atom stereocenters. The number of likely N-dealkylation sites (N-methyl/N-ethyl adjacent to an activating group) is 1. The number of aromatic hydroxyl groups is 1. The molecule has 0 saturated carbocycles. The Balaban J connectivity index is 1.64. The number of hydrogen-bond donors (Lipinski definition) is 3. The molecule has 1 unspecified atom stereocenters. The molecule has 4 rings (SSSR count). The molecule has 158 valence electrons. The highest BCUT2D eigenvalue weighted by atomic mass is 32.1. The van der Waals surface area contributed by atoms with Gasteiger partial charge < -0.3 is 19.9 Å². The fraction of sp³-hybridized carbons (Fsp3) is 0.286. The zero-order valence-corrected chi connectivity index (χ0v) is 18.8. The van der Waals surface area contributed by atoms with E-state index in [4.69, 9.17) is 4.52 Å². The van der Waals surface area contributed by atoms with Gasteiger partial charge in [-0.15, -0.1) is 11.3 Å². The standard InChI is InChI=1S/C21H25N4O3PS/c1-14-11-22-21(24-14)23-12-18(29(27)25(3)15(2)13-28-29)10-19-8-9-20(30-19)16-4-6-17(26)7-5-16/h4-11,15,26H,12-13H2,1-3H3,(H2,22,23,24)/b18-10-/t15-,29?/m0/s1. The highest BCUT2D eigenvalue weighted by Crippen LogP contribution is 2.62. The second-order valence-corrected chi connectivity index (χ2v) is 11.0. The molecular formula is C21H25N4O3PS. The Morgan fingerprint density at radius 1 is 1.40 bits per heavy atom. The lowest BCUT2D eigenvalue weighted by Crippen LogP contribution is -2.22. The Bertz CT molecular complexity index is 1110. The molecule has 3 aromatic rings. The number of benzene rings is 1. The van der Waals surface area contributed by atoms with Gasteiger partial charge in [-0.05, 0) is 68.9 Å². The molecule has 3 heterocycles. The van der Waals surface area contributed by atoms with E-state index >= 15 is 0 Å². The highest BCUT2D eigenvalue weighted by molar-refractivity contribution is 7.61. The van der Waals surface area contributed by atoms with Gasteiger partial charge in [-0.25, -0.2) is 9.65 Å². The van der Waals surface area contributed by atoms with E-state index in [1.807, 2.05) is 55.9 Å². The molecule has 7 nitrogen and oxygen atoms in total. The zero-order valence-electron chi connectivity index (χ0n) is 17.1. The number of nitrogens with one attached hydrogen (secondary N) is 2. The molecule has 1 aromatic carbocycles. The van der Waals surface area contributed by atoms with Crippen LogP contribution in [-0.4, -0.2) is 46.0 Å². The van der Waals surface area contributed by atoms with E-state index in [0.29, 0.717) is 24.4 Å². The number of rotatable bonds is 6. The van der Waals surface area contributed by atoms with Crippen LogP contribution < -0.4 is 5.32 Å². The average Bonchev–Trinajstić information content (AvgIpc) is 3.43. The summed E-state index contributed by atoms with van der Waals surface area (Å²) in [5.74, 6) is 0.876. The van der Waals surface area contributed by atoms with E-state index in [2.05, 4.69) is 15.3 Å². The summed E-state index contributed by atoms with van der Waals surface area (Å²) in [5.41, 5.74) is 1.98. The smallest absolute Gasteiger partial charge is 0.300 e. The fourth-order valence-corrected chi connectivity index (χ4v) is 6.64. The second-order valence-electron chi connectivity index (χ2n) is 7.39. The summed E-state index contributed by atoms with van der Waals surface area (Å²) < 4.78 is 21.4. The van der Waals surface area contributed by atoms with Gasteiger partial charge in [0.05, 0.1) is 11.9 Å². The number of nitrogens with zero attached hydrogens (tertiary/aromatic N) is 2. The molecular weight excluding hydrogens is 419 g/mol. The summed E-state index contributed by atoms with van der Waals surface area (Å²) in [6, 6.07) is 11.2. The number of aryl methyl sites for hydroxylation is 1. The van der Waals surface area contributed by atoms with Crippen molar-refractivity contribution in [3.63, 3.8) is 0 Å². The van der Waals surface area contributed by atoms with E-state index < -0.39 is 7.52 Å². The number of imidazole rings is 1. The number of hydrogen-bond acceptors (Lipinski definition) is 6. The molecule has 30 heavy (non-hydrogen) atoms. The maximum Gasteiger partial charge on any atom is 0.300 e. The van der Waals surface area contributed by atoms with Crippen molar-refractivity contribution in [3.05, 3.63) is 58.5 Å². The maximum atomic E-state index is 13.7. The molecule has 0 spiro atoms. The molecule has 1 aliphatic rings. The van der Waals surface area contributed by atoms with Gasteiger partial charge in [0.1, 0.15) is 5.75 Å². The van der Waals surface area contributed by atoms with Crippen LogP contribution in [-0.2, 0) is 9.09 Å². The number of aromatic amines is 1. The normalized spacial score (nSPS) is 22.5. The third-order valence-electron chi connectivity index (χ3n) is 5.13. The van der Waals surface area contributed by atoms with E-state index in [1.165, 1.54) is 0 Å². The maximum absolute atomic E-state index is 13.7. The summed E-state index contributed by atoms with van der Waals surface area (Å²) >= 11 is 1.60.